The fraction of sp³-hybridized carbons (Fsp3) is 0.600. The van der Waals surface area contributed by atoms with Crippen molar-refractivity contribution in [1.82, 2.24) is 23.6 Å². The molecule has 0 bridgehead atoms. The van der Waals surface area contributed by atoms with E-state index in [9.17, 15) is 8.42 Å². The Hall–Kier alpha value is -1.67. The van der Waals surface area contributed by atoms with Crippen LogP contribution in [0.15, 0.2) is 23.5 Å². The third-order valence-electron chi connectivity index (χ3n) is 4.52. The summed E-state index contributed by atoms with van der Waals surface area (Å²) >= 11 is 0. The molecule has 0 radical (unpaired) electrons. The van der Waals surface area contributed by atoms with Gasteiger partial charge in [-0.2, -0.15) is 9.40 Å². The van der Waals surface area contributed by atoms with E-state index in [-0.39, 0.29) is 11.1 Å². The molecule has 2 aromatic heterocycles. The fourth-order valence-corrected chi connectivity index (χ4v) is 4.91. The first-order chi connectivity index (χ1) is 10.9. The van der Waals surface area contributed by atoms with Crippen molar-refractivity contribution in [2.75, 3.05) is 6.54 Å². The molecule has 3 heterocycles. The standard InChI is InChI=1S/C15H23N5O2S/c1-4-19-11-15(17-12(19)2)23(21,22)20-10-6-5-7-14(20)13-8-9-16-18(13)3/h8-9,11,14H,4-7,10H2,1-3H3. The first-order valence-corrected chi connectivity index (χ1v) is 9.42. The summed E-state index contributed by atoms with van der Waals surface area (Å²) in [4.78, 5) is 4.28. The largest absolute Gasteiger partial charge is 0.334 e. The van der Waals surface area contributed by atoms with E-state index in [2.05, 4.69) is 10.1 Å². The second kappa shape index (κ2) is 6.09. The predicted molar refractivity (Wildman–Crippen MR) is 86.3 cm³/mol. The molecule has 1 saturated heterocycles. The zero-order valence-electron chi connectivity index (χ0n) is 13.8. The van der Waals surface area contributed by atoms with E-state index < -0.39 is 10.0 Å². The van der Waals surface area contributed by atoms with Gasteiger partial charge in [-0.05, 0) is 32.8 Å². The lowest BCUT2D eigenvalue weighted by molar-refractivity contribution is 0.245. The predicted octanol–water partition coefficient (Wildman–Crippen LogP) is 1.86. The zero-order valence-corrected chi connectivity index (χ0v) is 14.6. The molecule has 1 aliphatic heterocycles. The maximum atomic E-state index is 13.1. The van der Waals surface area contributed by atoms with Gasteiger partial charge in [0.15, 0.2) is 5.03 Å². The summed E-state index contributed by atoms with van der Waals surface area (Å²) in [5.41, 5.74) is 0.930. The average Bonchev–Trinajstić information content (AvgIpc) is 3.13. The van der Waals surface area contributed by atoms with Gasteiger partial charge in [-0.25, -0.2) is 13.4 Å². The van der Waals surface area contributed by atoms with Gasteiger partial charge in [0.2, 0.25) is 0 Å². The lowest BCUT2D eigenvalue weighted by Crippen LogP contribution is -2.39. The first kappa shape index (κ1) is 16.2. The van der Waals surface area contributed by atoms with E-state index in [1.807, 2.05) is 31.5 Å². The van der Waals surface area contributed by atoms with Crippen LogP contribution in [-0.4, -0.2) is 38.6 Å². The Kier molecular flexibility index (Phi) is 4.29. The van der Waals surface area contributed by atoms with Crippen molar-refractivity contribution >= 4 is 10.0 Å². The summed E-state index contributed by atoms with van der Waals surface area (Å²) in [5.74, 6) is 0.722. The van der Waals surface area contributed by atoms with Crippen LogP contribution in [0.2, 0.25) is 0 Å². The Morgan fingerprint density at radius 2 is 2.13 bits per heavy atom. The monoisotopic (exact) mass is 337 g/mol. The Morgan fingerprint density at radius 1 is 1.35 bits per heavy atom. The molecule has 0 saturated carbocycles. The Labute approximate surface area is 137 Å². The van der Waals surface area contributed by atoms with Crippen LogP contribution in [0.4, 0.5) is 0 Å². The van der Waals surface area contributed by atoms with Crippen molar-refractivity contribution in [3.05, 3.63) is 30.0 Å². The SMILES string of the molecule is CCn1cc(S(=O)(=O)N2CCCCC2c2ccnn2C)nc1C. The number of imidazole rings is 1. The van der Waals surface area contributed by atoms with Gasteiger partial charge >= 0.3 is 0 Å². The Balaban J connectivity index is 2.00. The third kappa shape index (κ3) is 2.81. The highest BCUT2D eigenvalue weighted by Crippen LogP contribution is 2.34. The summed E-state index contributed by atoms with van der Waals surface area (Å²) in [6.07, 6.45) is 6.06. The quantitative estimate of drug-likeness (QED) is 0.853. The van der Waals surface area contributed by atoms with Gasteiger partial charge in [0.05, 0.1) is 11.7 Å². The molecule has 1 unspecified atom stereocenters. The molecule has 0 aromatic carbocycles. The molecule has 1 fully saturated rings. The van der Waals surface area contributed by atoms with Crippen molar-refractivity contribution in [1.29, 1.82) is 0 Å². The number of rotatable bonds is 4. The highest BCUT2D eigenvalue weighted by molar-refractivity contribution is 7.89. The lowest BCUT2D eigenvalue weighted by atomic mass is 10.0. The Bertz CT molecular complexity index is 793. The number of sulfonamides is 1. The minimum absolute atomic E-state index is 0.144. The highest BCUT2D eigenvalue weighted by Gasteiger charge is 2.37. The van der Waals surface area contributed by atoms with Gasteiger partial charge in [-0.15, -0.1) is 0 Å². The van der Waals surface area contributed by atoms with Crippen LogP contribution in [0, 0.1) is 6.92 Å². The number of hydrogen-bond acceptors (Lipinski definition) is 4. The number of aromatic nitrogens is 4. The molecule has 7 nitrogen and oxygen atoms in total. The van der Waals surface area contributed by atoms with E-state index in [0.29, 0.717) is 13.1 Å². The van der Waals surface area contributed by atoms with Crippen LogP contribution in [0.5, 0.6) is 0 Å². The number of aryl methyl sites for hydroxylation is 3. The number of nitrogens with zero attached hydrogens (tertiary/aromatic N) is 5. The summed E-state index contributed by atoms with van der Waals surface area (Å²) in [7, 11) is -1.75. The molecule has 0 spiro atoms. The highest BCUT2D eigenvalue weighted by atomic mass is 32.2. The lowest BCUT2D eigenvalue weighted by Gasteiger charge is -2.34. The van der Waals surface area contributed by atoms with Crippen molar-refractivity contribution in [3.63, 3.8) is 0 Å². The molecule has 8 heteroatoms. The number of hydrogen-bond donors (Lipinski definition) is 0. The van der Waals surface area contributed by atoms with Crippen molar-refractivity contribution < 1.29 is 8.42 Å². The van der Waals surface area contributed by atoms with Crippen LogP contribution in [0.3, 0.4) is 0 Å². The molecule has 0 aliphatic carbocycles. The van der Waals surface area contributed by atoms with Crippen molar-refractivity contribution in [2.45, 2.75) is 50.7 Å². The smallest absolute Gasteiger partial charge is 0.262 e. The molecule has 0 N–H and O–H groups in total. The molecule has 2 aromatic rings. The molecule has 1 aliphatic rings. The second-order valence-electron chi connectivity index (χ2n) is 5.92. The maximum absolute atomic E-state index is 13.1. The van der Waals surface area contributed by atoms with E-state index >= 15 is 0 Å². The Morgan fingerprint density at radius 3 is 2.74 bits per heavy atom. The minimum atomic E-state index is -3.61. The zero-order chi connectivity index (χ0) is 16.6. The van der Waals surface area contributed by atoms with Gasteiger partial charge in [0.1, 0.15) is 5.82 Å². The van der Waals surface area contributed by atoms with E-state index in [4.69, 9.17) is 0 Å². The molecular formula is C15H23N5O2S. The van der Waals surface area contributed by atoms with Crippen LogP contribution in [0.1, 0.15) is 43.7 Å². The van der Waals surface area contributed by atoms with Gasteiger partial charge in [-0.1, -0.05) is 6.42 Å². The van der Waals surface area contributed by atoms with E-state index in [1.165, 1.54) is 0 Å². The topological polar surface area (TPSA) is 73.0 Å². The van der Waals surface area contributed by atoms with Gasteiger partial charge in [-0.3, -0.25) is 4.68 Å². The summed E-state index contributed by atoms with van der Waals surface area (Å²) < 4.78 is 31.4. The fourth-order valence-electron chi connectivity index (χ4n) is 3.24. The summed E-state index contributed by atoms with van der Waals surface area (Å²) in [5, 5.41) is 4.33. The van der Waals surface area contributed by atoms with Crippen LogP contribution >= 0.6 is 0 Å². The summed E-state index contributed by atoms with van der Waals surface area (Å²) in [6, 6.07) is 1.72. The van der Waals surface area contributed by atoms with E-state index in [0.717, 1.165) is 30.8 Å². The molecule has 3 rings (SSSR count). The molecule has 126 valence electrons. The normalized spacial score (nSPS) is 20.0. The van der Waals surface area contributed by atoms with Crippen molar-refractivity contribution in [3.8, 4) is 0 Å². The average molecular weight is 337 g/mol. The molecule has 1 atom stereocenters. The second-order valence-corrected chi connectivity index (χ2v) is 7.76. The molecular weight excluding hydrogens is 314 g/mol. The van der Waals surface area contributed by atoms with Crippen LogP contribution in [-0.2, 0) is 23.6 Å². The van der Waals surface area contributed by atoms with Crippen molar-refractivity contribution in [2.24, 2.45) is 7.05 Å². The third-order valence-corrected chi connectivity index (χ3v) is 6.30. The van der Waals surface area contributed by atoms with Crippen LogP contribution < -0.4 is 0 Å². The van der Waals surface area contributed by atoms with Crippen LogP contribution in [0.25, 0.3) is 0 Å². The molecule has 0 amide bonds. The molecule has 23 heavy (non-hydrogen) atoms. The van der Waals surface area contributed by atoms with Gasteiger partial charge in [0, 0.05) is 32.5 Å². The minimum Gasteiger partial charge on any atom is -0.334 e. The van der Waals surface area contributed by atoms with Gasteiger partial charge < -0.3 is 4.57 Å². The number of piperidine rings is 1. The first-order valence-electron chi connectivity index (χ1n) is 7.98. The van der Waals surface area contributed by atoms with E-state index in [1.54, 1.807) is 21.4 Å². The maximum Gasteiger partial charge on any atom is 0.262 e. The van der Waals surface area contributed by atoms with Gasteiger partial charge in [0.25, 0.3) is 10.0 Å². The summed E-state index contributed by atoms with van der Waals surface area (Å²) in [6.45, 7) is 5.04.